The van der Waals surface area contributed by atoms with Crippen molar-refractivity contribution in [2.75, 3.05) is 0 Å². The average Bonchev–Trinajstić information content (AvgIpc) is 2.14. The molecule has 0 amide bonds. The number of nitrogens with zero attached hydrogens (tertiary/aromatic N) is 2. The lowest BCUT2D eigenvalue weighted by atomic mass is 10.1. The molecule has 14 heavy (non-hydrogen) atoms. The van der Waals surface area contributed by atoms with Crippen molar-refractivity contribution >= 4 is 5.69 Å². The highest BCUT2D eigenvalue weighted by molar-refractivity contribution is 5.48. The summed E-state index contributed by atoms with van der Waals surface area (Å²) in [5.41, 5.74) is 1.21. The summed E-state index contributed by atoms with van der Waals surface area (Å²) in [6.45, 7) is 1.63. The van der Waals surface area contributed by atoms with E-state index in [2.05, 4.69) is 11.8 Å². The van der Waals surface area contributed by atoms with Gasteiger partial charge >= 0.3 is 0 Å². The maximum absolute atomic E-state index is 10.5. The largest absolute Gasteiger partial charge is 0.272 e. The van der Waals surface area contributed by atoms with Crippen LogP contribution in [-0.2, 0) is 0 Å². The minimum absolute atomic E-state index is 0.0625. The summed E-state index contributed by atoms with van der Waals surface area (Å²) in [6, 6.07) is 6.17. The molecule has 0 aliphatic carbocycles. The molecule has 4 heteroatoms. The van der Waals surface area contributed by atoms with Crippen LogP contribution < -0.4 is 0 Å². The molecule has 1 aromatic carbocycles. The van der Waals surface area contributed by atoms with Gasteiger partial charge in [0.25, 0.3) is 5.69 Å². The van der Waals surface area contributed by atoms with Gasteiger partial charge in [0.1, 0.15) is 0 Å². The minimum Gasteiger partial charge on any atom is -0.258 e. The predicted molar refractivity (Wildman–Crippen MR) is 50.3 cm³/mol. The first-order valence-electron chi connectivity index (χ1n) is 3.80. The molecule has 0 saturated carbocycles. The Morgan fingerprint density at radius 2 is 2.21 bits per heavy atom. The highest BCUT2D eigenvalue weighted by Crippen LogP contribution is 2.17. The van der Waals surface area contributed by atoms with E-state index in [0.717, 1.165) is 0 Å². The van der Waals surface area contributed by atoms with Crippen LogP contribution in [0.4, 0.5) is 5.69 Å². The number of nitro benzene ring substituents is 1. The Kier molecular flexibility index (Phi) is 2.83. The van der Waals surface area contributed by atoms with Crippen LogP contribution in [0.1, 0.15) is 11.1 Å². The molecule has 0 unspecified atom stereocenters. The van der Waals surface area contributed by atoms with Crippen molar-refractivity contribution in [2.24, 2.45) is 0 Å². The summed E-state index contributed by atoms with van der Waals surface area (Å²) in [5.74, 6) is 4.79. The molecule has 0 aliphatic rings. The molecular weight excluding hydrogens is 180 g/mol. The van der Waals surface area contributed by atoms with Crippen molar-refractivity contribution in [1.82, 2.24) is 0 Å². The molecule has 68 valence electrons. The van der Waals surface area contributed by atoms with Crippen molar-refractivity contribution in [3.63, 3.8) is 0 Å². The number of hydrogen-bond acceptors (Lipinski definition) is 3. The van der Waals surface area contributed by atoms with E-state index in [-0.39, 0.29) is 5.69 Å². The molecule has 0 N–H and O–H groups in total. The highest BCUT2D eigenvalue weighted by atomic mass is 16.6. The molecule has 0 fully saturated rings. The van der Waals surface area contributed by atoms with Crippen LogP contribution in [0.25, 0.3) is 0 Å². The maximum Gasteiger partial charge on any atom is 0.272 e. The van der Waals surface area contributed by atoms with E-state index in [1.807, 2.05) is 0 Å². The molecule has 1 rings (SSSR count). The van der Waals surface area contributed by atoms with Crippen LogP contribution in [0.3, 0.4) is 0 Å². The molecule has 4 nitrogen and oxygen atoms in total. The summed E-state index contributed by atoms with van der Waals surface area (Å²) < 4.78 is 0. The van der Waals surface area contributed by atoms with Gasteiger partial charge < -0.3 is 0 Å². The van der Waals surface area contributed by atoms with Gasteiger partial charge in [0, 0.05) is 23.1 Å². The third kappa shape index (κ3) is 2.09. The molecule has 0 radical (unpaired) electrons. The third-order valence-corrected chi connectivity index (χ3v) is 1.66. The van der Waals surface area contributed by atoms with Crippen molar-refractivity contribution in [2.45, 2.75) is 6.92 Å². The fourth-order valence-corrected chi connectivity index (χ4v) is 1.04. The highest BCUT2D eigenvalue weighted by Gasteiger charge is 2.08. The predicted octanol–water partition coefficient (Wildman–Crippen LogP) is 1.78. The van der Waals surface area contributed by atoms with Crippen molar-refractivity contribution in [3.05, 3.63) is 39.4 Å². The second-order valence-corrected chi connectivity index (χ2v) is 2.62. The van der Waals surface area contributed by atoms with E-state index < -0.39 is 4.92 Å². The van der Waals surface area contributed by atoms with E-state index in [4.69, 9.17) is 5.26 Å². The number of benzene rings is 1. The van der Waals surface area contributed by atoms with Gasteiger partial charge in [0.05, 0.1) is 4.92 Å². The molecule has 0 saturated heterocycles. The van der Waals surface area contributed by atoms with Gasteiger partial charge in [-0.3, -0.25) is 10.1 Å². The Morgan fingerprint density at radius 1 is 1.50 bits per heavy atom. The lowest BCUT2D eigenvalue weighted by Crippen LogP contribution is -1.91. The number of hydrogen-bond donors (Lipinski definition) is 0. The Balaban J connectivity index is 3.14. The summed E-state index contributed by atoms with van der Waals surface area (Å²) >= 11 is 0. The number of nitro groups is 1. The fourth-order valence-electron chi connectivity index (χ4n) is 1.04. The molecule has 0 heterocycles. The van der Waals surface area contributed by atoms with Crippen molar-refractivity contribution in [3.8, 4) is 17.9 Å². The molecular formula is C10H6N2O2. The Bertz CT molecular complexity index is 475. The monoisotopic (exact) mass is 186 g/mol. The second kappa shape index (κ2) is 4.06. The van der Waals surface area contributed by atoms with Crippen LogP contribution in [0, 0.1) is 40.2 Å². The van der Waals surface area contributed by atoms with Crippen LogP contribution >= 0.6 is 0 Å². The lowest BCUT2D eigenvalue weighted by Gasteiger charge is -1.96. The van der Waals surface area contributed by atoms with Crippen LogP contribution in [0.5, 0.6) is 0 Å². The standard InChI is InChI=1S/C10H6N2O2/c1-8-7-9(3-2-6-11)4-5-10(8)12(13)14/h4-5,7H,1H3. The van der Waals surface area contributed by atoms with Gasteiger partial charge in [-0.15, -0.1) is 0 Å². The van der Waals surface area contributed by atoms with Crippen molar-refractivity contribution < 1.29 is 4.92 Å². The third-order valence-electron chi connectivity index (χ3n) is 1.66. The molecule has 0 atom stereocenters. The SMILES string of the molecule is Cc1cc(C#CC#N)ccc1[N+](=O)[O-]. The van der Waals surface area contributed by atoms with Gasteiger partial charge in [-0.05, 0) is 19.1 Å². The fraction of sp³-hybridized carbons (Fsp3) is 0.100. The van der Waals surface area contributed by atoms with E-state index in [1.165, 1.54) is 12.1 Å². The number of rotatable bonds is 1. The van der Waals surface area contributed by atoms with Gasteiger partial charge in [-0.1, -0.05) is 5.92 Å². The zero-order chi connectivity index (χ0) is 10.6. The van der Waals surface area contributed by atoms with Crippen LogP contribution in [0.2, 0.25) is 0 Å². The van der Waals surface area contributed by atoms with E-state index in [9.17, 15) is 10.1 Å². The molecule has 0 aromatic heterocycles. The summed E-state index contributed by atoms with van der Waals surface area (Å²) in [5, 5.41) is 18.7. The second-order valence-electron chi connectivity index (χ2n) is 2.62. The topological polar surface area (TPSA) is 66.9 Å². The average molecular weight is 186 g/mol. The van der Waals surface area contributed by atoms with Crippen molar-refractivity contribution in [1.29, 1.82) is 5.26 Å². The molecule has 0 bridgehead atoms. The zero-order valence-corrected chi connectivity index (χ0v) is 7.44. The molecule has 0 spiro atoms. The van der Waals surface area contributed by atoms with E-state index >= 15 is 0 Å². The Labute approximate surface area is 80.9 Å². The van der Waals surface area contributed by atoms with E-state index in [0.29, 0.717) is 11.1 Å². The summed E-state index contributed by atoms with van der Waals surface area (Å²) in [6.07, 6.45) is 0. The van der Waals surface area contributed by atoms with Gasteiger partial charge in [-0.2, -0.15) is 5.26 Å². The Morgan fingerprint density at radius 3 is 2.71 bits per heavy atom. The van der Waals surface area contributed by atoms with Crippen LogP contribution in [0.15, 0.2) is 18.2 Å². The Hall–Kier alpha value is -2.33. The van der Waals surface area contributed by atoms with E-state index in [1.54, 1.807) is 19.1 Å². The first-order chi connectivity index (χ1) is 6.65. The van der Waals surface area contributed by atoms with Gasteiger partial charge in [0.2, 0.25) is 0 Å². The smallest absolute Gasteiger partial charge is 0.258 e. The summed E-state index contributed by atoms with van der Waals surface area (Å²) in [4.78, 5) is 10.0. The maximum atomic E-state index is 10.5. The molecule has 0 aliphatic heterocycles. The summed E-state index contributed by atoms with van der Waals surface area (Å²) in [7, 11) is 0. The number of aryl methyl sites for hydroxylation is 1. The first kappa shape index (κ1) is 9.76. The van der Waals surface area contributed by atoms with Gasteiger partial charge in [-0.25, -0.2) is 0 Å². The minimum atomic E-state index is -0.448. The normalized spacial score (nSPS) is 8.29. The number of nitriles is 1. The molecule has 1 aromatic rings. The first-order valence-corrected chi connectivity index (χ1v) is 3.80. The van der Waals surface area contributed by atoms with Crippen LogP contribution in [-0.4, -0.2) is 4.92 Å². The lowest BCUT2D eigenvalue weighted by molar-refractivity contribution is -0.385. The van der Waals surface area contributed by atoms with Gasteiger partial charge in [0.15, 0.2) is 6.07 Å². The zero-order valence-electron chi connectivity index (χ0n) is 7.44. The quantitative estimate of drug-likeness (QED) is 0.381.